The van der Waals surface area contributed by atoms with Crippen LogP contribution in [0.1, 0.15) is 5.56 Å². The van der Waals surface area contributed by atoms with Gasteiger partial charge in [0.05, 0.1) is 0 Å². The number of hydrogen-bond acceptors (Lipinski definition) is 1. The zero-order valence-electron chi connectivity index (χ0n) is 6.18. The molecule has 0 heterocycles. The molecule has 0 aliphatic heterocycles. The first-order valence-electron chi connectivity index (χ1n) is 3.34. The van der Waals surface area contributed by atoms with Gasteiger partial charge in [-0.1, -0.05) is 28.1 Å². The Morgan fingerprint density at radius 3 is 2.42 bits per heavy atom. The molecule has 1 aromatic rings. The summed E-state index contributed by atoms with van der Waals surface area (Å²) in [5.74, 6) is 0. The Balaban J connectivity index is 2.71. The molecule has 64 valence electrons. The summed E-state index contributed by atoms with van der Waals surface area (Å²) in [6.07, 6.45) is 0. The minimum Gasteiger partial charge on any atom is -0.312 e. The first kappa shape index (κ1) is 9.55. The Morgan fingerprint density at radius 2 is 2.00 bits per heavy atom. The van der Waals surface area contributed by atoms with Gasteiger partial charge in [0.2, 0.25) is 0 Å². The zero-order chi connectivity index (χ0) is 8.97. The van der Waals surface area contributed by atoms with Gasteiger partial charge in [0.15, 0.2) is 0 Å². The molecule has 1 aromatic carbocycles. The normalized spacial score (nSPS) is 9.50. The number of carbonyl (C=O) groups is 1. The lowest BCUT2D eigenvalue weighted by Crippen LogP contribution is -2.00. The topological polar surface area (TPSA) is 29.1 Å². The van der Waals surface area contributed by atoms with E-state index in [0.717, 1.165) is 10.9 Å². The molecule has 0 bridgehead atoms. The number of anilines is 1. The van der Waals surface area contributed by atoms with Crippen LogP contribution in [-0.2, 0) is 5.33 Å². The average Bonchev–Trinajstić information content (AvgIpc) is 2.05. The third kappa shape index (κ3) is 2.83. The fraction of sp³-hybridized carbons (Fsp3) is 0.125. The molecule has 0 aliphatic rings. The van der Waals surface area contributed by atoms with Gasteiger partial charge in [-0.3, -0.25) is 4.79 Å². The predicted octanol–water partition coefficient (Wildman–Crippen LogP) is 3.35. The lowest BCUT2D eigenvalue weighted by atomic mass is 10.2. The van der Waals surface area contributed by atoms with Crippen LogP contribution in [0.2, 0.25) is 0 Å². The second-order valence-electron chi connectivity index (χ2n) is 2.23. The maximum Gasteiger partial charge on any atom is 0.318 e. The number of halogens is 2. The second-order valence-corrected chi connectivity index (χ2v) is 3.13. The largest absolute Gasteiger partial charge is 0.318 e. The van der Waals surface area contributed by atoms with Crippen molar-refractivity contribution in [3.05, 3.63) is 29.8 Å². The monoisotopic (exact) mass is 247 g/mol. The van der Waals surface area contributed by atoms with Gasteiger partial charge in [-0.25, -0.2) is 0 Å². The molecule has 0 radical (unpaired) electrons. The Labute approximate surface area is 84.0 Å². The van der Waals surface area contributed by atoms with Crippen LogP contribution in [0.4, 0.5) is 10.5 Å². The fourth-order valence-electron chi connectivity index (χ4n) is 0.791. The minimum absolute atomic E-state index is 0.568. The summed E-state index contributed by atoms with van der Waals surface area (Å²) in [4.78, 5) is 10.4. The molecule has 12 heavy (non-hydrogen) atoms. The van der Waals surface area contributed by atoms with Gasteiger partial charge in [0.1, 0.15) is 0 Å². The van der Waals surface area contributed by atoms with Gasteiger partial charge in [-0.05, 0) is 29.3 Å². The lowest BCUT2D eigenvalue weighted by Gasteiger charge is -2.00. The quantitative estimate of drug-likeness (QED) is 0.485. The van der Waals surface area contributed by atoms with Crippen molar-refractivity contribution in [2.45, 2.75) is 5.33 Å². The van der Waals surface area contributed by atoms with E-state index in [0.29, 0.717) is 5.69 Å². The summed E-state index contributed by atoms with van der Waals surface area (Å²) >= 11 is 8.45. The Kier molecular flexibility index (Phi) is 3.56. The maximum absolute atomic E-state index is 10.4. The highest BCUT2D eigenvalue weighted by Gasteiger charge is 1.95. The molecule has 4 heteroatoms. The van der Waals surface area contributed by atoms with Crippen molar-refractivity contribution in [1.82, 2.24) is 0 Å². The van der Waals surface area contributed by atoms with Gasteiger partial charge >= 0.3 is 5.37 Å². The lowest BCUT2D eigenvalue weighted by molar-refractivity contribution is 0.269. The highest BCUT2D eigenvalue weighted by atomic mass is 79.9. The first-order chi connectivity index (χ1) is 5.72. The van der Waals surface area contributed by atoms with Gasteiger partial charge in [-0.15, -0.1) is 0 Å². The third-order valence-corrected chi connectivity index (χ3v) is 2.09. The number of alkyl halides is 1. The Hall–Kier alpha value is -0.540. The average molecular weight is 249 g/mol. The molecule has 0 spiro atoms. The van der Waals surface area contributed by atoms with Crippen LogP contribution >= 0.6 is 27.5 Å². The molecular formula is C8H7BrClNO. The molecule has 0 aromatic heterocycles. The van der Waals surface area contributed by atoms with E-state index in [1.807, 2.05) is 12.1 Å². The summed E-state index contributed by atoms with van der Waals surface area (Å²) in [7, 11) is 0. The molecule has 0 atom stereocenters. The van der Waals surface area contributed by atoms with E-state index < -0.39 is 5.37 Å². The van der Waals surface area contributed by atoms with E-state index in [9.17, 15) is 4.79 Å². The minimum atomic E-state index is -0.568. The van der Waals surface area contributed by atoms with Crippen molar-refractivity contribution in [3.63, 3.8) is 0 Å². The molecule has 0 unspecified atom stereocenters. The van der Waals surface area contributed by atoms with Gasteiger partial charge in [-0.2, -0.15) is 0 Å². The number of hydrogen-bond donors (Lipinski definition) is 1. The molecular weight excluding hydrogens is 241 g/mol. The zero-order valence-corrected chi connectivity index (χ0v) is 8.52. The number of nitrogens with one attached hydrogen (secondary N) is 1. The van der Waals surface area contributed by atoms with Crippen molar-refractivity contribution in [2.75, 3.05) is 5.32 Å². The van der Waals surface area contributed by atoms with Crippen molar-refractivity contribution in [2.24, 2.45) is 0 Å². The fourth-order valence-corrected chi connectivity index (χ4v) is 1.27. The van der Waals surface area contributed by atoms with Crippen LogP contribution in [-0.4, -0.2) is 5.37 Å². The number of rotatable bonds is 2. The van der Waals surface area contributed by atoms with Crippen LogP contribution in [0, 0.1) is 0 Å². The standard InChI is InChI=1S/C8H7BrClNO/c9-5-6-1-3-7(4-2-6)11-8(10)12/h1-4H,5H2,(H,11,12). The van der Waals surface area contributed by atoms with Crippen LogP contribution in [0.15, 0.2) is 24.3 Å². The molecule has 2 nitrogen and oxygen atoms in total. The molecule has 0 saturated carbocycles. The highest BCUT2D eigenvalue weighted by Crippen LogP contribution is 2.12. The van der Waals surface area contributed by atoms with Crippen molar-refractivity contribution in [3.8, 4) is 0 Å². The summed E-state index contributed by atoms with van der Waals surface area (Å²) in [5, 5.41) is 2.71. The number of amides is 1. The van der Waals surface area contributed by atoms with Crippen molar-refractivity contribution in [1.29, 1.82) is 0 Å². The Bertz CT molecular complexity index is 273. The SMILES string of the molecule is O=C(Cl)Nc1ccc(CBr)cc1. The van der Waals surface area contributed by atoms with Crippen molar-refractivity contribution >= 4 is 38.6 Å². The molecule has 0 fully saturated rings. The van der Waals surface area contributed by atoms with E-state index in [1.54, 1.807) is 12.1 Å². The number of carbonyl (C=O) groups excluding carboxylic acids is 1. The van der Waals surface area contributed by atoms with Crippen LogP contribution < -0.4 is 5.32 Å². The predicted molar refractivity (Wildman–Crippen MR) is 53.9 cm³/mol. The van der Waals surface area contributed by atoms with Gasteiger partial charge in [0.25, 0.3) is 0 Å². The third-order valence-electron chi connectivity index (χ3n) is 1.35. The summed E-state index contributed by atoms with van der Waals surface area (Å²) < 4.78 is 0. The second kappa shape index (κ2) is 4.48. The maximum atomic E-state index is 10.4. The number of benzene rings is 1. The van der Waals surface area contributed by atoms with Gasteiger partial charge in [0, 0.05) is 11.0 Å². The molecule has 1 N–H and O–H groups in total. The first-order valence-corrected chi connectivity index (χ1v) is 4.83. The highest BCUT2D eigenvalue weighted by molar-refractivity contribution is 9.08. The van der Waals surface area contributed by atoms with Crippen LogP contribution in [0.5, 0.6) is 0 Å². The van der Waals surface area contributed by atoms with Crippen LogP contribution in [0.3, 0.4) is 0 Å². The molecule has 0 saturated heterocycles. The van der Waals surface area contributed by atoms with E-state index in [4.69, 9.17) is 11.6 Å². The molecule has 1 rings (SSSR count). The van der Waals surface area contributed by atoms with Crippen molar-refractivity contribution < 1.29 is 4.79 Å². The van der Waals surface area contributed by atoms with E-state index >= 15 is 0 Å². The molecule has 1 amide bonds. The van der Waals surface area contributed by atoms with E-state index in [2.05, 4.69) is 21.2 Å². The smallest absolute Gasteiger partial charge is 0.312 e. The van der Waals surface area contributed by atoms with Gasteiger partial charge < -0.3 is 5.32 Å². The van der Waals surface area contributed by atoms with Crippen LogP contribution in [0.25, 0.3) is 0 Å². The Morgan fingerprint density at radius 1 is 1.42 bits per heavy atom. The van der Waals surface area contributed by atoms with E-state index in [-0.39, 0.29) is 0 Å². The summed E-state index contributed by atoms with van der Waals surface area (Å²) in [6.45, 7) is 0. The summed E-state index contributed by atoms with van der Waals surface area (Å²) in [6, 6.07) is 7.43. The summed E-state index contributed by atoms with van der Waals surface area (Å²) in [5.41, 5.74) is 1.86. The molecule has 0 aliphatic carbocycles. The van der Waals surface area contributed by atoms with E-state index in [1.165, 1.54) is 0 Å².